The normalized spacial score (nSPS) is 17.1. The zero-order valence-corrected chi connectivity index (χ0v) is 20.1. The number of hydrogen-bond donors (Lipinski definition) is 0. The minimum absolute atomic E-state index is 0.0489. The number of aromatic nitrogens is 4. The molecule has 172 valence electrons. The van der Waals surface area contributed by atoms with Gasteiger partial charge in [-0.2, -0.15) is 10.2 Å². The number of carbonyl (C=O) groups is 1. The summed E-state index contributed by atoms with van der Waals surface area (Å²) >= 11 is 1.61. The van der Waals surface area contributed by atoms with E-state index >= 15 is 0 Å². The highest BCUT2D eigenvalue weighted by Crippen LogP contribution is 2.35. The molecule has 1 atom stereocenters. The Kier molecular flexibility index (Phi) is 5.04. The predicted octanol–water partition coefficient (Wildman–Crippen LogP) is 5.53. The smallest absolute Gasteiger partial charge is 0.410 e. The molecule has 1 aromatic carbocycles. The van der Waals surface area contributed by atoms with E-state index in [0.717, 1.165) is 26.9 Å². The molecule has 0 spiro atoms. The SMILES string of the molecule is CC1C=C(c2cc3cn(-c4cc(F)c5nn(C)cc5c4)nc3s2)CCN1C(=O)OC(C)(C)C. The zero-order valence-electron chi connectivity index (χ0n) is 19.3. The fourth-order valence-corrected chi connectivity index (χ4v) is 5.19. The van der Waals surface area contributed by atoms with Crippen LogP contribution in [0.1, 0.15) is 39.0 Å². The van der Waals surface area contributed by atoms with Crippen LogP contribution < -0.4 is 0 Å². The lowest BCUT2D eigenvalue weighted by molar-refractivity contribution is 0.0209. The molecule has 0 fully saturated rings. The zero-order chi connectivity index (χ0) is 23.5. The third-order valence-corrected chi connectivity index (χ3v) is 6.74. The fourth-order valence-electron chi connectivity index (χ4n) is 4.14. The van der Waals surface area contributed by atoms with E-state index in [9.17, 15) is 9.18 Å². The summed E-state index contributed by atoms with van der Waals surface area (Å²) in [5, 5.41) is 10.6. The summed E-state index contributed by atoms with van der Waals surface area (Å²) in [5.41, 5.74) is 1.72. The van der Waals surface area contributed by atoms with E-state index in [1.54, 1.807) is 38.8 Å². The van der Waals surface area contributed by atoms with Gasteiger partial charge in [-0.05, 0) is 51.8 Å². The van der Waals surface area contributed by atoms with E-state index in [4.69, 9.17) is 4.74 Å². The van der Waals surface area contributed by atoms with Crippen LogP contribution in [0.15, 0.2) is 36.7 Å². The van der Waals surface area contributed by atoms with Crippen LogP contribution in [0.3, 0.4) is 0 Å². The van der Waals surface area contributed by atoms with Crippen LogP contribution in [0.4, 0.5) is 9.18 Å². The Morgan fingerprint density at radius 2 is 1.97 bits per heavy atom. The average molecular weight is 468 g/mol. The monoisotopic (exact) mass is 467 g/mol. The molecule has 0 radical (unpaired) electrons. The van der Waals surface area contributed by atoms with Gasteiger partial charge >= 0.3 is 6.09 Å². The van der Waals surface area contributed by atoms with Crippen molar-refractivity contribution in [2.45, 2.75) is 45.8 Å². The van der Waals surface area contributed by atoms with Gasteiger partial charge in [-0.15, -0.1) is 11.3 Å². The molecule has 0 N–H and O–H groups in total. The molecule has 9 heteroatoms. The standard InChI is InChI=1S/C24H26FN5O2S/c1-14-8-15(6-7-29(14)23(31)32-24(2,3)4)20-10-17-13-30(27-22(17)33-20)18-9-16-12-28(5)26-21(16)19(25)11-18/h8-14H,6-7H2,1-5H3. The number of rotatable bonds is 2. The largest absolute Gasteiger partial charge is 0.444 e. The molecular weight excluding hydrogens is 441 g/mol. The van der Waals surface area contributed by atoms with Gasteiger partial charge in [0.1, 0.15) is 15.9 Å². The van der Waals surface area contributed by atoms with Gasteiger partial charge in [0.15, 0.2) is 5.82 Å². The number of amides is 1. The number of thiophene rings is 1. The molecule has 5 rings (SSSR count). The molecule has 1 aliphatic heterocycles. The highest BCUT2D eigenvalue weighted by Gasteiger charge is 2.28. The van der Waals surface area contributed by atoms with Crippen LogP contribution >= 0.6 is 11.3 Å². The summed E-state index contributed by atoms with van der Waals surface area (Å²) in [7, 11) is 1.78. The quantitative estimate of drug-likeness (QED) is 0.389. The number of hydrogen-bond acceptors (Lipinski definition) is 5. The first-order chi connectivity index (χ1) is 15.6. The highest BCUT2D eigenvalue weighted by molar-refractivity contribution is 7.19. The number of ether oxygens (including phenoxy) is 1. The summed E-state index contributed by atoms with van der Waals surface area (Å²) in [4.78, 5) is 16.3. The molecule has 4 heterocycles. The number of carbonyl (C=O) groups excluding carboxylic acids is 1. The van der Waals surface area contributed by atoms with E-state index in [2.05, 4.69) is 22.3 Å². The molecule has 33 heavy (non-hydrogen) atoms. The Balaban J connectivity index is 1.39. The Morgan fingerprint density at radius 1 is 1.18 bits per heavy atom. The van der Waals surface area contributed by atoms with Gasteiger partial charge in [-0.3, -0.25) is 4.68 Å². The molecule has 7 nitrogen and oxygen atoms in total. The summed E-state index contributed by atoms with van der Waals surface area (Å²) in [6, 6.07) is 5.42. The van der Waals surface area contributed by atoms with Crippen LogP contribution in [-0.2, 0) is 11.8 Å². The first-order valence-electron chi connectivity index (χ1n) is 10.9. The first kappa shape index (κ1) is 21.6. The van der Waals surface area contributed by atoms with Gasteiger partial charge in [-0.25, -0.2) is 13.9 Å². The summed E-state index contributed by atoms with van der Waals surface area (Å²) in [6.07, 6.45) is 6.32. The molecule has 1 unspecified atom stereocenters. The topological polar surface area (TPSA) is 65.2 Å². The highest BCUT2D eigenvalue weighted by atomic mass is 32.1. The Morgan fingerprint density at radius 3 is 2.67 bits per heavy atom. The van der Waals surface area contributed by atoms with E-state index in [1.807, 2.05) is 40.0 Å². The van der Waals surface area contributed by atoms with Crippen LogP contribution in [0, 0.1) is 5.82 Å². The second kappa shape index (κ2) is 7.69. The average Bonchev–Trinajstić information content (AvgIpc) is 3.38. The van der Waals surface area contributed by atoms with E-state index in [0.29, 0.717) is 17.7 Å². The van der Waals surface area contributed by atoms with Crippen LogP contribution in [0.2, 0.25) is 0 Å². The van der Waals surface area contributed by atoms with Crippen molar-refractivity contribution in [2.75, 3.05) is 6.54 Å². The van der Waals surface area contributed by atoms with Crippen molar-refractivity contribution >= 4 is 44.1 Å². The second-order valence-electron chi connectivity index (χ2n) is 9.47. The maximum Gasteiger partial charge on any atom is 0.410 e. The molecule has 0 aliphatic carbocycles. The summed E-state index contributed by atoms with van der Waals surface area (Å²) in [5.74, 6) is -0.362. The van der Waals surface area contributed by atoms with Crippen molar-refractivity contribution in [1.82, 2.24) is 24.5 Å². The lowest BCUT2D eigenvalue weighted by Gasteiger charge is -2.33. The van der Waals surface area contributed by atoms with Gasteiger partial charge in [-0.1, -0.05) is 6.08 Å². The third-order valence-electron chi connectivity index (χ3n) is 5.63. The Labute approximate surface area is 195 Å². The van der Waals surface area contributed by atoms with E-state index in [-0.39, 0.29) is 18.0 Å². The molecule has 1 aliphatic rings. The maximum atomic E-state index is 14.5. The van der Waals surface area contributed by atoms with Crippen LogP contribution in [-0.4, -0.2) is 48.7 Å². The molecule has 0 bridgehead atoms. The molecule has 0 saturated heterocycles. The molecule has 0 saturated carbocycles. The summed E-state index contributed by atoms with van der Waals surface area (Å²) in [6.45, 7) is 8.24. The molecule has 4 aromatic rings. The number of fused-ring (bicyclic) bond motifs is 2. The minimum atomic E-state index is -0.511. The minimum Gasteiger partial charge on any atom is -0.444 e. The maximum absolute atomic E-state index is 14.5. The number of aryl methyl sites for hydroxylation is 1. The number of benzene rings is 1. The van der Waals surface area contributed by atoms with Gasteiger partial charge in [0, 0.05) is 47.7 Å². The lowest BCUT2D eigenvalue weighted by atomic mass is 10.0. The molecule has 3 aromatic heterocycles. The van der Waals surface area contributed by atoms with Crippen molar-refractivity contribution in [2.24, 2.45) is 7.05 Å². The van der Waals surface area contributed by atoms with Crippen molar-refractivity contribution in [3.05, 3.63) is 47.4 Å². The summed E-state index contributed by atoms with van der Waals surface area (Å²) < 4.78 is 23.3. The Hall–Kier alpha value is -3.20. The van der Waals surface area contributed by atoms with Crippen LogP contribution in [0.25, 0.3) is 32.4 Å². The third kappa shape index (κ3) is 4.13. The Bertz CT molecular complexity index is 1380. The predicted molar refractivity (Wildman–Crippen MR) is 128 cm³/mol. The van der Waals surface area contributed by atoms with Crippen molar-refractivity contribution in [1.29, 1.82) is 0 Å². The number of nitrogens with zero attached hydrogens (tertiary/aromatic N) is 5. The van der Waals surface area contributed by atoms with Crippen molar-refractivity contribution in [3.8, 4) is 5.69 Å². The van der Waals surface area contributed by atoms with Gasteiger partial charge in [0.2, 0.25) is 0 Å². The van der Waals surface area contributed by atoms with Crippen molar-refractivity contribution in [3.63, 3.8) is 0 Å². The molecular formula is C24H26FN5O2S. The van der Waals surface area contributed by atoms with Gasteiger partial charge < -0.3 is 9.64 Å². The first-order valence-corrected chi connectivity index (χ1v) is 11.7. The molecule has 1 amide bonds. The van der Waals surface area contributed by atoms with Crippen molar-refractivity contribution < 1.29 is 13.9 Å². The van der Waals surface area contributed by atoms with E-state index < -0.39 is 5.60 Å². The lowest BCUT2D eigenvalue weighted by Crippen LogP contribution is -2.43. The second-order valence-corrected chi connectivity index (χ2v) is 10.5. The number of halogens is 1. The van der Waals surface area contributed by atoms with Gasteiger partial charge in [0.25, 0.3) is 0 Å². The van der Waals surface area contributed by atoms with Gasteiger partial charge in [0.05, 0.1) is 11.7 Å². The van der Waals surface area contributed by atoms with E-state index in [1.165, 1.54) is 11.6 Å². The van der Waals surface area contributed by atoms with Crippen LogP contribution in [0.5, 0.6) is 0 Å². The fraction of sp³-hybridized carbons (Fsp3) is 0.375.